The van der Waals surface area contributed by atoms with Crippen molar-refractivity contribution in [1.29, 1.82) is 0 Å². The molecule has 0 radical (unpaired) electrons. The molecule has 2 atom stereocenters. The van der Waals surface area contributed by atoms with Crippen molar-refractivity contribution in [3.05, 3.63) is 11.8 Å². The number of rotatable bonds is 5. The monoisotopic (exact) mass is 251 g/mol. The third-order valence-corrected chi connectivity index (χ3v) is 4.25. The minimum absolute atomic E-state index is 0.446. The maximum absolute atomic E-state index is 3.71. The average Bonchev–Trinajstić information content (AvgIpc) is 2.48. The molecule has 0 amide bonds. The molecule has 0 fully saturated rings. The highest BCUT2D eigenvalue weighted by molar-refractivity contribution is 5.04. The maximum atomic E-state index is 3.71. The van der Waals surface area contributed by atoms with Gasteiger partial charge in [-0.1, -0.05) is 53.5 Å². The van der Waals surface area contributed by atoms with Crippen LogP contribution < -0.4 is 5.32 Å². The third-order valence-electron chi connectivity index (χ3n) is 4.25. The standard InChI is InChI=1S/C17H33N/c1-6-8-15-13-18-16(10-9-14(15)7-2)11-12-17(3,4)5/h10,14-15,18H,6-9,11-13H2,1-5H3. The van der Waals surface area contributed by atoms with Gasteiger partial charge in [-0.05, 0) is 42.9 Å². The molecule has 0 bridgehead atoms. The molecule has 1 heteroatoms. The van der Waals surface area contributed by atoms with Crippen molar-refractivity contribution in [2.24, 2.45) is 17.3 Å². The van der Waals surface area contributed by atoms with Gasteiger partial charge in [-0.3, -0.25) is 0 Å². The van der Waals surface area contributed by atoms with Crippen molar-refractivity contribution >= 4 is 0 Å². The number of nitrogens with one attached hydrogen (secondary N) is 1. The Bertz CT molecular complexity index is 259. The summed E-state index contributed by atoms with van der Waals surface area (Å²) in [4.78, 5) is 0. The second kappa shape index (κ2) is 7.21. The predicted octanol–water partition coefficient (Wildman–Crippen LogP) is 5.13. The van der Waals surface area contributed by atoms with Crippen LogP contribution in [0.25, 0.3) is 0 Å². The third kappa shape index (κ3) is 5.46. The summed E-state index contributed by atoms with van der Waals surface area (Å²) in [5.41, 5.74) is 1.95. The van der Waals surface area contributed by atoms with E-state index >= 15 is 0 Å². The quantitative estimate of drug-likeness (QED) is 0.714. The van der Waals surface area contributed by atoms with Crippen molar-refractivity contribution in [3.63, 3.8) is 0 Å². The van der Waals surface area contributed by atoms with E-state index in [1.54, 1.807) is 0 Å². The van der Waals surface area contributed by atoms with Gasteiger partial charge in [0.1, 0.15) is 0 Å². The lowest BCUT2D eigenvalue weighted by Crippen LogP contribution is -2.25. The molecule has 0 saturated carbocycles. The van der Waals surface area contributed by atoms with E-state index in [2.05, 4.69) is 46.0 Å². The molecule has 0 aliphatic carbocycles. The lowest BCUT2D eigenvalue weighted by atomic mass is 9.85. The van der Waals surface area contributed by atoms with Crippen LogP contribution in [0.15, 0.2) is 11.8 Å². The lowest BCUT2D eigenvalue weighted by molar-refractivity contribution is 0.304. The SMILES string of the molecule is CCCC1CNC(CCC(C)(C)C)=CCC1CC. The van der Waals surface area contributed by atoms with Crippen molar-refractivity contribution < 1.29 is 0 Å². The van der Waals surface area contributed by atoms with Crippen molar-refractivity contribution in [2.45, 2.75) is 73.1 Å². The van der Waals surface area contributed by atoms with Gasteiger partial charge in [0.2, 0.25) is 0 Å². The second-order valence-electron chi connectivity index (χ2n) is 7.12. The minimum atomic E-state index is 0.446. The molecule has 1 aliphatic rings. The van der Waals surface area contributed by atoms with Crippen LogP contribution in [0.1, 0.15) is 73.1 Å². The van der Waals surface area contributed by atoms with E-state index < -0.39 is 0 Å². The Morgan fingerprint density at radius 3 is 2.50 bits per heavy atom. The lowest BCUT2D eigenvalue weighted by Gasteiger charge is -2.23. The van der Waals surface area contributed by atoms with E-state index in [0.717, 1.165) is 11.8 Å². The van der Waals surface area contributed by atoms with Crippen molar-refractivity contribution in [1.82, 2.24) is 5.32 Å². The first-order valence-corrected chi connectivity index (χ1v) is 7.89. The first kappa shape index (κ1) is 15.6. The van der Waals surface area contributed by atoms with Gasteiger partial charge in [0.15, 0.2) is 0 Å². The van der Waals surface area contributed by atoms with Gasteiger partial charge >= 0.3 is 0 Å². The van der Waals surface area contributed by atoms with E-state index in [9.17, 15) is 0 Å². The normalized spacial score (nSPS) is 25.3. The molecule has 1 aliphatic heterocycles. The first-order chi connectivity index (χ1) is 8.46. The Morgan fingerprint density at radius 1 is 1.22 bits per heavy atom. The number of hydrogen-bond acceptors (Lipinski definition) is 1. The molecule has 0 saturated heterocycles. The average molecular weight is 251 g/mol. The van der Waals surface area contributed by atoms with E-state index in [1.165, 1.54) is 50.8 Å². The molecule has 1 heterocycles. The highest BCUT2D eigenvalue weighted by Crippen LogP contribution is 2.29. The first-order valence-electron chi connectivity index (χ1n) is 7.89. The van der Waals surface area contributed by atoms with Crippen LogP contribution in [0.3, 0.4) is 0 Å². The summed E-state index contributed by atoms with van der Waals surface area (Å²) in [6.45, 7) is 12.9. The topological polar surface area (TPSA) is 12.0 Å². The smallest absolute Gasteiger partial charge is 0.0174 e. The molecular formula is C17H33N. The Morgan fingerprint density at radius 2 is 1.94 bits per heavy atom. The van der Waals surface area contributed by atoms with Gasteiger partial charge in [-0.15, -0.1) is 0 Å². The summed E-state index contributed by atoms with van der Waals surface area (Å²) in [6, 6.07) is 0. The zero-order valence-electron chi connectivity index (χ0n) is 13.2. The molecule has 0 spiro atoms. The fourth-order valence-corrected chi connectivity index (χ4v) is 2.90. The zero-order valence-corrected chi connectivity index (χ0v) is 13.2. The van der Waals surface area contributed by atoms with E-state index in [4.69, 9.17) is 0 Å². The van der Waals surface area contributed by atoms with E-state index in [1.807, 2.05) is 0 Å². The van der Waals surface area contributed by atoms with Crippen LogP contribution in [0.4, 0.5) is 0 Å². The van der Waals surface area contributed by atoms with Crippen LogP contribution in [0.2, 0.25) is 0 Å². The molecule has 1 nitrogen and oxygen atoms in total. The van der Waals surface area contributed by atoms with E-state index in [0.29, 0.717) is 5.41 Å². The van der Waals surface area contributed by atoms with Gasteiger partial charge in [0.05, 0.1) is 0 Å². The summed E-state index contributed by atoms with van der Waals surface area (Å²) >= 11 is 0. The highest BCUT2D eigenvalue weighted by Gasteiger charge is 2.21. The zero-order chi connectivity index (χ0) is 13.6. The summed E-state index contributed by atoms with van der Waals surface area (Å²) in [6.07, 6.45) is 10.3. The van der Waals surface area contributed by atoms with Crippen LogP contribution in [-0.4, -0.2) is 6.54 Å². The Labute approximate surface area is 114 Å². The molecule has 18 heavy (non-hydrogen) atoms. The molecule has 106 valence electrons. The summed E-state index contributed by atoms with van der Waals surface area (Å²) in [7, 11) is 0. The Balaban J connectivity index is 2.51. The van der Waals surface area contributed by atoms with Crippen molar-refractivity contribution in [3.8, 4) is 0 Å². The van der Waals surface area contributed by atoms with Crippen LogP contribution in [0, 0.1) is 17.3 Å². The molecule has 2 unspecified atom stereocenters. The van der Waals surface area contributed by atoms with Gasteiger partial charge in [0, 0.05) is 12.2 Å². The largest absolute Gasteiger partial charge is 0.388 e. The summed E-state index contributed by atoms with van der Waals surface area (Å²) in [5, 5.41) is 3.71. The van der Waals surface area contributed by atoms with Gasteiger partial charge in [0.25, 0.3) is 0 Å². The fraction of sp³-hybridized carbons (Fsp3) is 0.882. The molecule has 0 aromatic rings. The molecular weight excluding hydrogens is 218 g/mol. The molecule has 0 aromatic heterocycles. The van der Waals surface area contributed by atoms with Gasteiger partial charge < -0.3 is 5.32 Å². The minimum Gasteiger partial charge on any atom is -0.388 e. The second-order valence-corrected chi connectivity index (χ2v) is 7.12. The van der Waals surface area contributed by atoms with Gasteiger partial charge in [-0.25, -0.2) is 0 Å². The summed E-state index contributed by atoms with van der Waals surface area (Å²) in [5.74, 6) is 1.77. The molecule has 0 aromatic carbocycles. The van der Waals surface area contributed by atoms with Gasteiger partial charge in [-0.2, -0.15) is 0 Å². The van der Waals surface area contributed by atoms with E-state index in [-0.39, 0.29) is 0 Å². The van der Waals surface area contributed by atoms with Crippen LogP contribution in [0.5, 0.6) is 0 Å². The fourth-order valence-electron chi connectivity index (χ4n) is 2.90. The number of allylic oxidation sites excluding steroid dienone is 2. The maximum Gasteiger partial charge on any atom is 0.0174 e. The highest BCUT2D eigenvalue weighted by atomic mass is 14.9. The van der Waals surface area contributed by atoms with Crippen LogP contribution >= 0.6 is 0 Å². The molecule has 1 rings (SSSR count). The Kier molecular flexibility index (Phi) is 6.25. The predicted molar refractivity (Wildman–Crippen MR) is 81.6 cm³/mol. The van der Waals surface area contributed by atoms with Crippen molar-refractivity contribution in [2.75, 3.05) is 6.54 Å². The molecule has 1 N–H and O–H groups in total. The van der Waals surface area contributed by atoms with Crippen LogP contribution in [-0.2, 0) is 0 Å². The number of hydrogen-bond donors (Lipinski definition) is 1. The Hall–Kier alpha value is -0.460. The summed E-state index contributed by atoms with van der Waals surface area (Å²) < 4.78 is 0.